The van der Waals surface area contributed by atoms with Crippen molar-refractivity contribution in [2.45, 2.75) is 31.6 Å². The zero-order valence-corrected chi connectivity index (χ0v) is 13.3. The predicted molar refractivity (Wildman–Crippen MR) is 85.2 cm³/mol. The van der Waals surface area contributed by atoms with Crippen LogP contribution in [-0.2, 0) is 14.3 Å². The van der Waals surface area contributed by atoms with E-state index < -0.39 is 0 Å². The quantitative estimate of drug-likeness (QED) is 0.333. The molecule has 21 heavy (non-hydrogen) atoms. The summed E-state index contributed by atoms with van der Waals surface area (Å²) in [6.07, 6.45) is 0.911. The minimum atomic E-state index is -0.228. The van der Waals surface area contributed by atoms with E-state index in [1.54, 1.807) is 6.92 Å². The number of anilines is 1. The van der Waals surface area contributed by atoms with Gasteiger partial charge in [-0.1, -0.05) is 6.07 Å². The van der Waals surface area contributed by atoms with E-state index in [9.17, 15) is 9.59 Å². The van der Waals surface area contributed by atoms with Gasteiger partial charge in [-0.3, -0.25) is 9.59 Å². The molecule has 0 unspecified atom stereocenters. The molecule has 0 saturated carbocycles. The maximum absolute atomic E-state index is 11.7. The summed E-state index contributed by atoms with van der Waals surface area (Å²) in [5.41, 5.74) is 7.65. The lowest BCUT2D eigenvalue weighted by atomic mass is 10.2. The molecule has 0 aliphatic heterocycles. The van der Waals surface area contributed by atoms with E-state index in [-0.39, 0.29) is 11.9 Å². The molecule has 0 spiro atoms. The Kier molecular flexibility index (Phi) is 7.68. The van der Waals surface area contributed by atoms with Crippen molar-refractivity contribution in [3.8, 4) is 0 Å². The van der Waals surface area contributed by atoms with Gasteiger partial charge in [-0.05, 0) is 38.0 Å². The Balaban J connectivity index is 2.22. The molecule has 0 fully saturated rings. The number of carbonyl (C=O) groups excluding carboxylic acids is 2. The van der Waals surface area contributed by atoms with Crippen molar-refractivity contribution >= 4 is 29.3 Å². The van der Waals surface area contributed by atoms with Crippen LogP contribution in [0.15, 0.2) is 23.1 Å². The molecule has 1 amide bonds. The zero-order chi connectivity index (χ0) is 15.7. The van der Waals surface area contributed by atoms with Crippen molar-refractivity contribution in [3.05, 3.63) is 23.8 Å². The smallest absolute Gasteiger partial charge is 0.305 e. The number of aryl methyl sites for hydroxylation is 1. The van der Waals surface area contributed by atoms with Gasteiger partial charge in [0, 0.05) is 23.5 Å². The number of ether oxygens (including phenoxy) is 1. The third-order valence-electron chi connectivity index (χ3n) is 2.71. The molecule has 0 heterocycles. The molecule has 3 N–H and O–H groups in total. The number of nitrogens with one attached hydrogen (secondary N) is 1. The van der Waals surface area contributed by atoms with Gasteiger partial charge < -0.3 is 15.8 Å². The second-order valence-electron chi connectivity index (χ2n) is 4.59. The van der Waals surface area contributed by atoms with Gasteiger partial charge in [0.1, 0.15) is 0 Å². The normalized spacial score (nSPS) is 10.2. The first-order chi connectivity index (χ1) is 10.0. The van der Waals surface area contributed by atoms with Crippen molar-refractivity contribution in [1.82, 2.24) is 5.32 Å². The number of benzene rings is 1. The monoisotopic (exact) mass is 310 g/mol. The Morgan fingerprint density at radius 2 is 2.14 bits per heavy atom. The predicted octanol–water partition coefficient (Wildman–Crippen LogP) is 2.13. The van der Waals surface area contributed by atoms with Crippen LogP contribution >= 0.6 is 11.8 Å². The van der Waals surface area contributed by atoms with Crippen LogP contribution in [0.25, 0.3) is 0 Å². The number of hydrogen-bond donors (Lipinski definition) is 2. The lowest BCUT2D eigenvalue weighted by Gasteiger charge is -2.07. The summed E-state index contributed by atoms with van der Waals surface area (Å²) in [6, 6.07) is 5.75. The average molecular weight is 310 g/mol. The zero-order valence-electron chi connectivity index (χ0n) is 12.5. The molecular formula is C15H22N2O3S. The molecule has 0 bridgehead atoms. The van der Waals surface area contributed by atoms with E-state index in [0.717, 1.165) is 10.5 Å². The first-order valence-electron chi connectivity index (χ1n) is 6.94. The molecular weight excluding hydrogens is 288 g/mol. The number of rotatable bonds is 8. The summed E-state index contributed by atoms with van der Waals surface area (Å²) in [7, 11) is 0. The summed E-state index contributed by atoms with van der Waals surface area (Å²) in [4.78, 5) is 23.7. The van der Waals surface area contributed by atoms with Gasteiger partial charge in [0.15, 0.2) is 0 Å². The fourth-order valence-electron chi connectivity index (χ4n) is 1.65. The van der Waals surface area contributed by atoms with E-state index in [1.807, 2.05) is 25.1 Å². The SMILES string of the molecule is CCOC(=O)CCCNC(=O)CSc1cc(C)ccc1N. The Morgan fingerprint density at radius 3 is 2.86 bits per heavy atom. The van der Waals surface area contributed by atoms with E-state index in [2.05, 4.69) is 5.32 Å². The number of nitrogen functional groups attached to an aromatic ring is 1. The van der Waals surface area contributed by atoms with Crippen LogP contribution in [0, 0.1) is 6.92 Å². The van der Waals surface area contributed by atoms with Crippen LogP contribution in [-0.4, -0.2) is 30.8 Å². The molecule has 1 rings (SSSR count). The largest absolute Gasteiger partial charge is 0.466 e. The molecule has 0 aliphatic rings. The number of amides is 1. The summed E-state index contributed by atoms with van der Waals surface area (Å²) in [5, 5.41) is 2.78. The molecule has 0 aliphatic carbocycles. The molecule has 0 aromatic heterocycles. The molecule has 5 nitrogen and oxygen atoms in total. The van der Waals surface area contributed by atoms with E-state index in [0.29, 0.717) is 37.4 Å². The molecule has 1 aromatic carbocycles. The third-order valence-corrected chi connectivity index (χ3v) is 3.78. The number of esters is 1. The van der Waals surface area contributed by atoms with Gasteiger partial charge in [-0.2, -0.15) is 0 Å². The third kappa shape index (κ3) is 7.04. The number of hydrogen-bond acceptors (Lipinski definition) is 5. The van der Waals surface area contributed by atoms with Crippen LogP contribution < -0.4 is 11.1 Å². The van der Waals surface area contributed by atoms with Crippen molar-refractivity contribution in [3.63, 3.8) is 0 Å². The molecule has 116 valence electrons. The molecule has 0 saturated heterocycles. The van der Waals surface area contributed by atoms with Gasteiger partial charge in [0.25, 0.3) is 0 Å². The van der Waals surface area contributed by atoms with Crippen LogP contribution in [0.2, 0.25) is 0 Å². The van der Waals surface area contributed by atoms with Crippen LogP contribution in [0.4, 0.5) is 5.69 Å². The highest BCUT2D eigenvalue weighted by molar-refractivity contribution is 8.00. The maximum atomic E-state index is 11.7. The van der Waals surface area contributed by atoms with Gasteiger partial charge in [0.2, 0.25) is 5.91 Å². The molecule has 6 heteroatoms. The molecule has 1 aromatic rings. The van der Waals surface area contributed by atoms with Crippen LogP contribution in [0.1, 0.15) is 25.3 Å². The standard InChI is InChI=1S/C15H22N2O3S/c1-3-20-15(19)5-4-8-17-14(18)10-21-13-9-11(2)6-7-12(13)16/h6-7,9H,3-5,8,10,16H2,1-2H3,(H,17,18). The number of carbonyl (C=O) groups is 2. The van der Waals surface area contributed by atoms with E-state index in [4.69, 9.17) is 10.5 Å². The van der Waals surface area contributed by atoms with Gasteiger partial charge in [0.05, 0.1) is 12.4 Å². The highest BCUT2D eigenvalue weighted by atomic mass is 32.2. The molecule has 0 radical (unpaired) electrons. The lowest BCUT2D eigenvalue weighted by molar-refractivity contribution is -0.143. The number of thioether (sulfide) groups is 1. The first-order valence-corrected chi connectivity index (χ1v) is 7.92. The minimum absolute atomic E-state index is 0.0650. The Hall–Kier alpha value is -1.69. The van der Waals surface area contributed by atoms with Crippen molar-refractivity contribution in [1.29, 1.82) is 0 Å². The second-order valence-corrected chi connectivity index (χ2v) is 5.61. The Bertz CT molecular complexity index is 492. The summed E-state index contributed by atoms with van der Waals surface area (Å²) in [6.45, 7) is 4.62. The van der Waals surface area contributed by atoms with E-state index in [1.165, 1.54) is 11.8 Å². The Morgan fingerprint density at radius 1 is 1.38 bits per heavy atom. The highest BCUT2D eigenvalue weighted by Gasteiger charge is 2.06. The fourth-order valence-corrected chi connectivity index (χ4v) is 2.55. The highest BCUT2D eigenvalue weighted by Crippen LogP contribution is 2.25. The minimum Gasteiger partial charge on any atom is -0.466 e. The maximum Gasteiger partial charge on any atom is 0.305 e. The van der Waals surface area contributed by atoms with Crippen molar-refractivity contribution < 1.29 is 14.3 Å². The van der Waals surface area contributed by atoms with E-state index >= 15 is 0 Å². The fraction of sp³-hybridized carbons (Fsp3) is 0.467. The van der Waals surface area contributed by atoms with Crippen LogP contribution in [0.5, 0.6) is 0 Å². The first kappa shape index (κ1) is 17.4. The van der Waals surface area contributed by atoms with Crippen molar-refractivity contribution in [2.75, 3.05) is 24.6 Å². The van der Waals surface area contributed by atoms with Crippen LogP contribution in [0.3, 0.4) is 0 Å². The topological polar surface area (TPSA) is 81.4 Å². The summed E-state index contributed by atoms with van der Waals surface area (Å²) >= 11 is 1.41. The van der Waals surface area contributed by atoms with Crippen molar-refractivity contribution in [2.24, 2.45) is 0 Å². The Labute approximate surface area is 129 Å². The number of nitrogens with two attached hydrogens (primary N) is 1. The second kappa shape index (κ2) is 9.28. The summed E-state index contributed by atoms with van der Waals surface area (Å²) < 4.78 is 4.81. The lowest BCUT2D eigenvalue weighted by Crippen LogP contribution is -2.26. The summed E-state index contributed by atoms with van der Waals surface area (Å²) in [5.74, 6) is 0.0194. The van der Waals surface area contributed by atoms with Gasteiger partial charge >= 0.3 is 5.97 Å². The van der Waals surface area contributed by atoms with Gasteiger partial charge in [-0.25, -0.2) is 0 Å². The van der Waals surface area contributed by atoms with Gasteiger partial charge in [-0.15, -0.1) is 11.8 Å². The average Bonchev–Trinajstić information content (AvgIpc) is 2.45. The molecule has 0 atom stereocenters.